The van der Waals surface area contributed by atoms with Gasteiger partial charge in [0.2, 0.25) is 0 Å². The molecule has 164 valence electrons. The van der Waals surface area contributed by atoms with Gasteiger partial charge in [-0.2, -0.15) is 0 Å². The van der Waals surface area contributed by atoms with E-state index in [1.54, 1.807) is 18.2 Å². The van der Waals surface area contributed by atoms with Crippen molar-refractivity contribution >= 4 is 27.3 Å². The molecule has 2 heterocycles. The summed E-state index contributed by atoms with van der Waals surface area (Å²) in [6, 6.07) is 11.7. The second-order valence-corrected chi connectivity index (χ2v) is 9.66. The third kappa shape index (κ3) is 3.91. The Morgan fingerprint density at radius 3 is 2.38 bits per heavy atom. The number of aryl methyl sites for hydroxylation is 3. The quantitative estimate of drug-likeness (QED) is 0.342. The molecular weight excluding hydrogens is 423 g/mol. The van der Waals surface area contributed by atoms with Crippen LogP contribution in [0, 0.1) is 26.6 Å². The van der Waals surface area contributed by atoms with Crippen molar-refractivity contribution in [1.29, 1.82) is 0 Å². The van der Waals surface area contributed by atoms with Crippen LogP contribution in [0.5, 0.6) is 0 Å². The highest BCUT2D eigenvalue weighted by molar-refractivity contribution is 7.19. The molecule has 0 saturated carbocycles. The first-order chi connectivity index (χ1) is 15.2. The molecule has 0 atom stereocenters. The molecule has 0 N–H and O–H groups in total. The van der Waals surface area contributed by atoms with Crippen LogP contribution in [0.15, 0.2) is 47.3 Å². The molecule has 0 amide bonds. The summed E-state index contributed by atoms with van der Waals surface area (Å²) in [6.45, 7) is 9.75. The van der Waals surface area contributed by atoms with Crippen LogP contribution in [0.25, 0.3) is 21.3 Å². The largest absolute Gasteiger partial charge is 0.292 e. The predicted molar refractivity (Wildman–Crippen MR) is 128 cm³/mol. The van der Waals surface area contributed by atoms with E-state index < -0.39 is 0 Å². The second kappa shape index (κ2) is 8.43. The van der Waals surface area contributed by atoms with E-state index in [4.69, 9.17) is 4.98 Å². The summed E-state index contributed by atoms with van der Waals surface area (Å²) in [7, 11) is 0. The minimum absolute atomic E-state index is 0.0312. The van der Waals surface area contributed by atoms with Crippen LogP contribution < -0.4 is 5.56 Å². The van der Waals surface area contributed by atoms with E-state index in [0.29, 0.717) is 21.6 Å². The molecule has 2 aromatic carbocycles. The zero-order valence-corrected chi connectivity index (χ0v) is 19.6. The first kappa shape index (κ1) is 22.1. The Morgan fingerprint density at radius 2 is 1.75 bits per heavy atom. The number of rotatable bonds is 5. The van der Waals surface area contributed by atoms with E-state index in [-0.39, 0.29) is 29.6 Å². The molecule has 0 radical (unpaired) electrons. The van der Waals surface area contributed by atoms with Crippen LogP contribution in [-0.4, -0.2) is 15.3 Å². The number of fused-ring (bicyclic) bond motifs is 1. The van der Waals surface area contributed by atoms with E-state index in [2.05, 4.69) is 0 Å². The molecule has 0 aliphatic rings. The van der Waals surface area contributed by atoms with Gasteiger partial charge < -0.3 is 0 Å². The van der Waals surface area contributed by atoms with Gasteiger partial charge >= 0.3 is 0 Å². The maximum atomic E-state index is 13.7. The number of hydrogen-bond acceptors (Lipinski definition) is 4. The smallest absolute Gasteiger partial charge is 0.263 e. The molecule has 4 aromatic rings. The van der Waals surface area contributed by atoms with Crippen LogP contribution in [0.3, 0.4) is 0 Å². The van der Waals surface area contributed by atoms with Crippen LogP contribution >= 0.6 is 11.3 Å². The van der Waals surface area contributed by atoms with Gasteiger partial charge in [-0.1, -0.05) is 38.1 Å². The average Bonchev–Trinajstić information content (AvgIpc) is 3.08. The first-order valence-electron chi connectivity index (χ1n) is 10.6. The van der Waals surface area contributed by atoms with Crippen molar-refractivity contribution in [2.75, 3.05) is 0 Å². The highest BCUT2D eigenvalue weighted by Crippen LogP contribution is 2.36. The van der Waals surface area contributed by atoms with E-state index in [0.717, 1.165) is 27.1 Å². The molecule has 0 saturated heterocycles. The summed E-state index contributed by atoms with van der Waals surface area (Å²) in [4.78, 5) is 33.2. The van der Waals surface area contributed by atoms with Gasteiger partial charge in [0.25, 0.3) is 5.56 Å². The Balaban J connectivity index is 1.90. The van der Waals surface area contributed by atoms with Gasteiger partial charge in [0.1, 0.15) is 16.5 Å². The molecule has 0 unspecified atom stereocenters. The van der Waals surface area contributed by atoms with Crippen molar-refractivity contribution in [2.24, 2.45) is 0 Å². The van der Waals surface area contributed by atoms with Crippen LogP contribution in [0.2, 0.25) is 0 Å². The molecular formula is C26H25FN2O2S. The third-order valence-corrected chi connectivity index (χ3v) is 6.80. The summed E-state index contributed by atoms with van der Waals surface area (Å²) in [5.74, 6) is 0.0963. The molecule has 6 heteroatoms. The van der Waals surface area contributed by atoms with Gasteiger partial charge in [0.15, 0.2) is 5.78 Å². The maximum absolute atomic E-state index is 13.7. The Morgan fingerprint density at radius 1 is 1.06 bits per heavy atom. The zero-order chi connectivity index (χ0) is 23.2. The molecule has 32 heavy (non-hydrogen) atoms. The number of halogens is 1. The molecule has 4 nitrogen and oxygen atoms in total. The van der Waals surface area contributed by atoms with Gasteiger partial charge in [0, 0.05) is 21.9 Å². The van der Waals surface area contributed by atoms with E-state index >= 15 is 0 Å². The molecule has 0 fully saturated rings. The Hall–Kier alpha value is -3.12. The van der Waals surface area contributed by atoms with E-state index in [1.807, 2.05) is 46.8 Å². The maximum Gasteiger partial charge on any atom is 0.263 e. The number of ketones is 1. The molecule has 0 bridgehead atoms. The fraction of sp³-hybridized carbons (Fsp3) is 0.269. The highest BCUT2D eigenvalue weighted by atomic mass is 32.1. The van der Waals surface area contributed by atoms with E-state index in [1.165, 1.54) is 28.0 Å². The standard InChI is InChI=1S/C26H25FN2O2S/c1-14(2)24-28-25-23(22(17(5)32-25)18-8-10-20(27)11-9-18)26(31)29(24)13-21(30)19-7-6-15(3)16(4)12-19/h6-12,14H,13H2,1-5H3. The summed E-state index contributed by atoms with van der Waals surface area (Å²) < 4.78 is 15.0. The topological polar surface area (TPSA) is 52.0 Å². The minimum atomic E-state index is -0.331. The van der Waals surface area contributed by atoms with Crippen LogP contribution in [-0.2, 0) is 6.54 Å². The van der Waals surface area contributed by atoms with Crippen molar-refractivity contribution in [2.45, 2.75) is 47.1 Å². The number of Topliss-reactive ketones (excluding diaryl/α,β-unsaturated/α-hetero) is 1. The minimum Gasteiger partial charge on any atom is -0.292 e. The fourth-order valence-electron chi connectivity index (χ4n) is 3.92. The van der Waals surface area contributed by atoms with Gasteiger partial charge in [-0.15, -0.1) is 11.3 Å². The number of hydrogen-bond donors (Lipinski definition) is 0. The first-order valence-corrected chi connectivity index (χ1v) is 11.4. The molecule has 2 aromatic heterocycles. The van der Waals surface area contributed by atoms with Crippen LogP contribution in [0.4, 0.5) is 4.39 Å². The zero-order valence-electron chi connectivity index (χ0n) is 18.8. The molecule has 0 aliphatic carbocycles. The van der Waals surface area contributed by atoms with Gasteiger partial charge in [-0.3, -0.25) is 14.2 Å². The van der Waals surface area contributed by atoms with Gasteiger partial charge in [0.05, 0.1) is 11.9 Å². The second-order valence-electron chi connectivity index (χ2n) is 8.46. The number of carbonyl (C=O) groups is 1. The molecule has 0 aliphatic heterocycles. The summed E-state index contributed by atoms with van der Waals surface area (Å²) in [5, 5.41) is 0.483. The number of nitrogens with zero attached hydrogens (tertiary/aromatic N) is 2. The lowest BCUT2D eigenvalue weighted by Crippen LogP contribution is -2.29. The number of aromatic nitrogens is 2. The third-order valence-electron chi connectivity index (χ3n) is 5.80. The summed E-state index contributed by atoms with van der Waals surface area (Å²) in [5.41, 5.74) is 4.01. The SMILES string of the molecule is Cc1ccc(C(=O)Cn2c(C(C)C)nc3sc(C)c(-c4ccc(F)cc4)c3c2=O)cc1C. The Kier molecular flexibility index (Phi) is 5.82. The van der Waals surface area contributed by atoms with Crippen molar-refractivity contribution in [3.63, 3.8) is 0 Å². The predicted octanol–water partition coefficient (Wildman–Crippen LogP) is 6.20. The highest BCUT2D eigenvalue weighted by Gasteiger charge is 2.22. The van der Waals surface area contributed by atoms with Crippen molar-refractivity contribution in [3.8, 4) is 11.1 Å². The van der Waals surface area contributed by atoms with Crippen LogP contribution in [0.1, 0.15) is 52.0 Å². The molecule has 4 rings (SSSR count). The monoisotopic (exact) mass is 448 g/mol. The Bertz CT molecular complexity index is 1400. The van der Waals surface area contributed by atoms with Crippen molar-refractivity contribution < 1.29 is 9.18 Å². The Labute approximate surface area is 190 Å². The number of benzene rings is 2. The normalized spacial score (nSPS) is 11.5. The van der Waals surface area contributed by atoms with E-state index in [9.17, 15) is 14.0 Å². The lowest BCUT2D eigenvalue weighted by Gasteiger charge is -2.15. The lowest BCUT2D eigenvalue weighted by molar-refractivity contribution is 0.0969. The van der Waals surface area contributed by atoms with Crippen molar-refractivity contribution in [1.82, 2.24) is 9.55 Å². The molecule has 0 spiro atoms. The number of thiophene rings is 1. The van der Waals surface area contributed by atoms with Gasteiger partial charge in [-0.05, 0) is 55.7 Å². The van der Waals surface area contributed by atoms with Gasteiger partial charge in [-0.25, -0.2) is 9.37 Å². The summed E-state index contributed by atoms with van der Waals surface area (Å²) in [6.07, 6.45) is 0. The fourth-order valence-corrected chi connectivity index (χ4v) is 4.96. The lowest BCUT2D eigenvalue weighted by atomic mass is 10.0. The average molecular weight is 449 g/mol. The van der Waals surface area contributed by atoms with Crippen molar-refractivity contribution in [3.05, 3.63) is 86.0 Å². The number of carbonyl (C=O) groups excluding carboxylic acids is 1. The summed E-state index contributed by atoms with van der Waals surface area (Å²) >= 11 is 1.45.